The third-order valence-electron chi connectivity index (χ3n) is 6.10. The van der Waals surface area contributed by atoms with Crippen LogP contribution < -0.4 is 15.4 Å². The first-order chi connectivity index (χ1) is 12.7. The van der Waals surface area contributed by atoms with Crippen LogP contribution in [0, 0.1) is 0 Å². The minimum atomic E-state index is 0.141. The topological polar surface area (TPSA) is 33.3 Å². The SMILES string of the molecule is COc1ccc(Cl)cc1C1CCC2(CCCNC2c2ccccc2)NC1. The van der Waals surface area contributed by atoms with Crippen molar-refractivity contribution >= 4 is 11.6 Å². The van der Waals surface area contributed by atoms with Crippen LogP contribution in [0.5, 0.6) is 5.75 Å². The van der Waals surface area contributed by atoms with E-state index in [9.17, 15) is 0 Å². The van der Waals surface area contributed by atoms with Crippen LogP contribution in [0.3, 0.4) is 0 Å². The highest BCUT2D eigenvalue weighted by atomic mass is 35.5. The Morgan fingerprint density at radius 2 is 1.96 bits per heavy atom. The van der Waals surface area contributed by atoms with Gasteiger partial charge in [0.2, 0.25) is 0 Å². The third-order valence-corrected chi connectivity index (χ3v) is 6.34. The van der Waals surface area contributed by atoms with Gasteiger partial charge in [-0.3, -0.25) is 0 Å². The van der Waals surface area contributed by atoms with Gasteiger partial charge in [-0.15, -0.1) is 0 Å². The van der Waals surface area contributed by atoms with E-state index < -0.39 is 0 Å². The van der Waals surface area contributed by atoms with Gasteiger partial charge >= 0.3 is 0 Å². The molecular formula is C22H27ClN2O. The molecule has 26 heavy (non-hydrogen) atoms. The van der Waals surface area contributed by atoms with Gasteiger partial charge in [0, 0.05) is 23.0 Å². The second-order valence-corrected chi connectivity index (χ2v) is 8.00. The Hall–Kier alpha value is -1.55. The number of benzene rings is 2. The molecule has 0 aromatic heterocycles. The first kappa shape index (κ1) is 17.8. The van der Waals surface area contributed by atoms with Crippen molar-refractivity contribution in [3.63, 3.8) is 0 Å². The Kier molecular flexibility index (Phi) is 5.21. The van der Waals surface area contributed by atoms with Crippen LogP contribution >= 0.6 is 11.6 Å². The number of piperidine rings is 2. The van der Waals surface area contributed by atoms with Crippen molar-refractivity contribution in [3.8, 4) is 5.75 Å². The van der Waals surface area contributed by atoms with Crippen LogP contribution in [0.15, 0.2) is 48.5 Å². The molecule has 2 N–H and O–H groups in total. The summed E-state index contributed by atoms with van der Waals surface area (Å²) in [5, 5.41) is 8.50. The van der Waals surface area contributed by atoms with E-state index >= 15 is 0 Å². The Balaban J connectivity index is 1.56. The summed E-state index contributed by atoms with van der Waals surface area (Å²) >= 11 is 6.25. The molecule has 0 saturated carbocycles. The molecule has 3 atom stereocenters. The van der Waals surface area contributed by atoms with Gasteiger partial charge in [-0.25, -0.2) is 0 Å². The van der Waals surface area contributed by atoms with Crippen molar-refractivity contribution in [2.45, 2.75) is 43.2 Å². The number of nitrogens with one attached hydrogen (secondary N) is 2. The maximum absolute atomic E-state index is 6.25. The summed E-state index contributed by atoms with van der Waals surface area (Å²) in [6, 6.07) is 17.2. The monoisotopic (exact) mass is 370 g/mol. The van der Waals surface area contributed by atoms with E-state index in [0.29, 0.717) is 12.0 Å². The fourth-order valence-electron chi connectivity index (χ4n) is 4.77. The predicted molar refractivity (Wildman–Crippen MR) is 107 cm³/mol. The van der Waals surface area contributed by atoms with E-state index in [1.54, 1.807) is 7.11 Å². The molecule has 2 aromatic rings. The zero-order valence-electron chi connectivity index (χ0n) is 15.3. The average Bonchev–Trinajstić information content (AvgIpc) is 2.70. The Labute approximate surface area is 161 Å². The van der Waals surface area contributed by atoms with Crippen molar-refractivity contribution in [2.75, 3.05) is 20.2 Å². The molecule has 2 aromatic carbocycles. The molecule has 4 rings (SSSR count). The molecule has 0 amide bonds. The molecule has 4 heteroatoms. The maximum atomic E-state index is 6.25. The molecular weight excluding hydrogens is 344 g/mol. The van der Waals surface area contributed by atoms with Gasteiger partial charge < -0.3 is 15.4 Å². The number of rotatable bonds is 3. The summed E-state index contributed by atoms with van der Waals surface area (Å²) in [4.78, 5) is 0. The summed E-state index contributed by atoms with van der Waals surface area (Å²) in [7, 11) is 1.74. The van der Waals surface area contributed by atoms with Gasteiger partial charge in [-0.2, -0.15) is 0 Å². The number of hydrogen-bond acceptors (Lipinski definition) is 3. The zero-order chi connectivity index (χ0) is 18.0. The second kappa shape index (κ2) is 7.59. The smallest absolute Gasteiger partial charge is 0.122 e. The molecule has 3 unspecified atom stereocenters. The van der Waals surface area contributed by atoms with Crippen LogP contribution in [-0.4, -0.2) is 25.7 Å². The fraction of sp³-hybridized carbons (Fsp3) is 0.455. The zero-order valence-corrected chi connectivity index (χ0v) is 16.1. The van der Waals surface area contributed by atoms with Gasteiger partial charge in [0.1, 0.15) is 5.75 Å². The van der Waals surface area contributed by atoms with Gasteiger partial charge in [0.05, 0.1) is 13.2 Å². The van der Waals surface area contributed by atoms with E-state index in [4.69, 9.17) is 16.3 Å². The van der Waals surface area contributed by atoms with Crippen LogP contribution in [0.4, 0.5) is 0 Å². The second-order valence-electron chi connectivity index (χ2n) is 7.56. The lowest BCUT2D eigenvalue weighted by atomic mass is 9.71. The quantitative estimate of drug-likeness (QED) is 0.823. The molecule has 2 aliphatic rings. The van der Waals surface area contributed by atoms with E-state index in [0.717, 1.165) is 36.7 Å². The van der Waals surface area contributed by atoms with Gasteiger partial charge in [0.15, 0.2) is 0 Å². The molecule has 2 fully saturated rings. The number of hydrogen-bond donors (Lipinski definition) is 2. The van der Waals surface area contributed by atoms with Gasteiger partial charge in [-0.1, -0.05) is 41.9 Å². The molecule has 0 bridgehead atoms. The van der Waals surface area contributed by atoms with E-state index in [1.165, 1.54) is 24.0 Å². The molecule has 0 aliphatic carbocycles. The standard InChI is InChI=1S/C22H27ClN2O/c1-26-20-9-8-18(23)14-19(20)17-10-12-22(25-15-17)11-5-13-24-21(22)16-6-3-2-4-7-16/h2-4,6-9,14,17,21,24-25H,5,10-13,15H2,1H3. The summed E-state index contributed by atoms with van der Waals surface area (Å²) in [6.07, 6.45) is 4.75. The van der Waals surface area contributed by atoms with Crippen molar-refractivity contribution in [1.29, 1.82) is 0 Å². The minimum Gasteiger partial charge on any atom is -0.496 e. The number of halogens is 1. The first-order valence-electron chi connectivity index (χ1n) is 9.59. The third kappa shape index (κ3) is 3.36. The Bertz CT molecular complexity index is 741. The van der Waals surface area contributed by atoms with Crippen molar-refractivity contribution in [1.82, 2.24) is 10.6 Å². The molecule has 0 radical (unpaired) electrons. The fourth-order valence-corrected chi connectivity index (χ4v) is 4.95. The lowest BCUT2D eigenvalue weighted by Gasteiger charge is -2.50. The molecule has 2 saturated heterocycles. The first-order valence-corrected chi connectivity index (χ1v) is 9.96. The summed E-state index contributed by atoms with van der Waals surface area (Å²) < 4.78 is 5.58. The van der Waals surface area contributed by atoms with Crippen molar-refractivity contribution in [2.24, 2.45) is 0 Å². The highest BCUT2D eigenvalue weighted by molar-refractivity contribution is 6.30. The van der Waals surface area contributed by atoms with E-state index in [2.05, 4.69) is 47.0 Å². The van der Waals surface area contributed by atoms with Crippen molar-refractivity contribution < 1.29 is 4.74 Å². The van der Waals surface area contributed by atoms with Gasteiger partial charge in [-0.05, 0) is 61.6 Å². The largest absolute Gasteiger partial charge is 0.496 e. The molecule has 3 nitrogen and oxygen atoms in total. The van der Waals surface area contributed by atoms with E-state index in [1.807, 2.05) is 12.1 Å². The van der Waals surface area contributed by atoms with Crippen LogP contribution in [0.1, 0.15) is 48.8 Å². The maximum Gasteiger partial charge on any atom is 0.122 e. The lowest BCUT2D eigenvalue weighted by Crippen LogP contribution is -2.60. The highest BCUT2D eigenvalue weighted by Gasteiger charge is 2.44. The minimum absolute atomic E-state index is 0.141. The Morgan fingerprint density at radius 3 is 2.69 bits per heavy atom. The summed E-state index contributed by atoms with van der Waals surface area (Å²) in [5.74, 6) is 1.38. The van der Waals surface area contributed by atoms with Crippen LogP contribution in [0.25, 0.3) is 0 Å². The summed E-state index contributed by atoms with van der Waals surface area (Å²) in [6.45, 7) is 2.05. The lowest BCUT2D eigenvalue weighted by molar-refractivity contribution is 0.131. The van der Waals surface area contributed by atoms with Crippen LogP contribution in [-0.2, 0) is 0 Å². The van der Waals surface area contributed by atoms with Gasteiger partial charge in [0.25, 0.3) is 0 Å². The van der Waals surface area contributed by atoms with Crippen molar-refractivity contribution in [3.05, 3.63) is 64.7 Å². The predicted octanol–water partition coefficient (Wildman–Crippen LogP) is 4.68. The van der Waals surface area contributed by atoms with Crippen LogP contribution in [0.2, 0.25) is 5.02 Å². The molecule has 2 aliphatic heterocycles. The Morgan fingerprint density at radius 1 is 1.12 bits per heavy atom. The molecule has 1 spiro atoms. The number of ether oxygens (including phenoxy) is 1. The molecule has 2 heterocycles. The molecule has 138 valence electrons. The highest BCUT2D eigenvalue weighted by Crippen LogP contribution is 2.43. The average molecular weight is 371 g/mol. The summed E-state index contributed by atoms with van der Waals surface area (Å²) in [5.41, 5.74) is 2.75. The normalized spacial score (nSPS) is 28.8. The van der Waals surface area contributed by atoms with E-state index in [-0.39, 0.29) is 5.54 Å². The number of methoxy groups -OCH3 is 1.